The third kappa shape index (κ3) is 2.77. The Kier molecular flexibility index (Phi) is 3.87. The largest absolute Gasteiger partial charge is 0.392 e. The zero-order valence-electron chi connectivity index (χ0n) is 11.2. The molecule has 1 aromatic heterocycles. The number of likely N-dealkylation sites (tertiary alicyclic amines) is 1. The Morgan fingerprint density at radius 3 is 3.10 bits per heavy atom. The fraction of sp³-hybridized carbons (Fsp3) is 0.429. The molecule has 3 rings (SSSR count). The molecule has 5 nitrogen and oxygen atoms in total. The average Bonchev–Trinajstić information content (AvgIpc) is 3.03. The van der Waals surface area contributed by atoms with Gasteiger partial charge >= 0.3 is 0 Å². The van der Waals surface area contributed by atoms with Crippen LogP contribution in [0.15, 0.2) is 27.2 Å². The maximum atomic E-state index is 9.51. The van der Waals surface area contributed by atoms with Crippen molar-refractivity contribution in [2.45, 2.75) is 26.0 Å². The van der Waals surface area contributed by atoms with Crippen molar-refractivity contribution >= 4 is 15.9 Å². The molecule has 2 heterocycles. The van der Waals surface area contributed by atoms with Gasteiger partial charge in [-0.3, -0.25) is 4.90 Å². The van der Waals surface area contributed by atoms with E-state index in [4.69, 9.17) is 4.52 Å². The van der Waals surface area contributed by atoms with Crippen LogP contribution in [0.5, 0.6) is 0 Å². The summed E-state index contributed by atoms with van der Waals surface area (Å²) in [5.41, 5.74) is 2.06. The predicted molar refractivity (Wildman–Crippen MR) is 78.1 cm³/mol. The number of aromatic nitrogens is 2. The number of hydrogen-bond donors (Lipinski definition) is 1. The molecule has 0 amide bonds. The average molecular weight is 338 g/mol. The highest BCUT2D eigenvalue weighted by Crippen LogP contribution is 2.26. The SMILES string of the molecule is Cc1c(Br)cccc1-c1noc(CN2CCC(O)C2)n1. The lowest BCUT2D eigenvalue weighted by Crippen LogP contribution is -2.21. The van der Waals surface area contributed by atoms with Crippen molar-refractivity contribution in [1.82, 2.24) is 15.0 Å². The molecule has 1 saturated heterocycles. The van der Waals surface area contributed by atoms with Gasteiger partial charge in [-0.25, -0.2) is 0 Å². The lowest BCUT2D eigenvalue weighted by Gasteiger charge is -2.10. The number of rotatable bonds is 3. The van der Waals surface area contributed by atoms with Gasteiger partial charge in [0.1, 0.15) is 0 Å². The van der Waals surface area contributed by atoms with Crippen LogP contribution in [0.2, 0.25) is 0 Å². The fourth-order valence-electron chi connectivity index (χ4n) is 2.43. The summed E-state index contributed by atoms with van der Waals surface area (Å²) in [6.45, 7) is 4.16. The van der Waals surface area contributed by atoms with Crippen molar-refractivity contribution in [3.8, 4) is 11.4 Å². The number of benzene rings is 1. The van der Waals surface area contributed by atoms with E-state index in [-0.39, 0.29) is 6.10 Å². The van der Waals surface area contributed by atoms with E-state index in [0.717, 1.165) is 28.6 Å². The summed E-state index contributed by atoms with van der Waals surface area (Å²) in [5, 5.41) is 13.6. The Hall–Kier alpha value is -1.24. The Labute approximate surface area is 125 Å². The molecule has 0 bridgehead atoms. The van der Waals surface area contributed by atoms with Crippen molar-refractivity contribution in [2.24, 2.45) is 0 Å². The second kappa shape index (κ2) is 5.63. The first kappa shape index (κ1) is 13.7. The minimum atomic E-state index is -0.232. The maximum Gasteiger partial charge on any atom is 0.241 e. The summed E-state index contributed by atoms with van der Waals surface area (Å²) in [6, 6.07) is 5.93. The highest BCUT2D eigenvalue weighted by Gasteiger charge is 2.22. The molecular formula is C14H16BrN3O2. The summed E-state index contributed by atoms with van der Waals surface area (Å²) >= 11 is 3.51. The standard InChI is InChI=1S/C14H16BrN3O2/c1-9-11(3-2-4-12(9)15)14-16-13(20-17-14)8-18-6-5-10(19)7-18/h2-4,10,19H,5-8H2,1H3. The first-order chi connectivity index (χ1) is 9.63. The van der Waals surface area contributed by atoms with Crippen LogP contribution < -0.4 is 0 Å². The minimum absolute atomic E-state index is 0.232. The van der Waals surface area contributed by atoms with Crippen molar-refractivity contribution in [3.63, 3.8) is 0 Å². The zero-order valence-corrected chi connectivity index (χ0v) is 12.8. The van der Waals surface area contributed by atoms with E-state index in [0.29, 0.717) is 24.8 Å². The second-order valence-corrected chi connectivity index (χ2v) is 5.96. The molecule has 1 aliphatic heterocycles. The predicted octanol–water partition coefficient (Wildman–Crippen LogP) is 2.37. The minimum Gasteiger partial charge on any atom is -0.392 e. The first-order valence-electron chi connectivity index (χ1n) is 6.62. The van der Waals surface area contributed by atoms with E-state index in [9.17, 15) is 5.11 Å². The van der Waals surface area contributed by atoms with Crippen LogP contribution in [-0.4, -0.2) is 39.3 Å². The Morgan fingerprint density at radius 2 is 2.35 bits per heavy atom. The highest BCUT2D eigenvalue weighted by atomic mass is 79.9. The van der Waals surface area contributed by atoms with Gasteiger partial charge in [0.25, 0.3) is 0 Å². The molecule has 1 unspecified atom stereocenters. The molecule has 1 atom stereocenters. The zero-order chi connectivity index (χ0) is 14.1. The van der Waals surface area contributed by atoms with Gasteiger partial charge in [0.05, 0.1) is 12.6 Å². The number of nitrogens with zero attached hydrogens (tertiary/aromatic N) is 3. The van der Waals surface area contributed by atoms with Gasteiger partial charge in [0.15, 0.2) is 0 Å². The van der Waals surface area contributed by atoms with Crippen molar-refractivity contribution in [1.29, 1.82) is 0 Å². The van der Waals surface area contributed by atoms with Gasteiger partial charge in [-0.05, 0) is 25.0 Å². The number of halogens is 1. The number of aliphatic hydroxyl groups is 1. The molecule has 20 heavy (non-hydrogen) atoms. The first-order valence-corrected chi connectivity index (χ1v) is 7.41. The molecule has 0 radical (unpaired) electrons. The molecule has 2 aromatic rings. The van der Waals surface area contributed by atoms with Crippen molar-refractivity contribution < 1.29 is 9.63 Å². The summed E-state index contributed by atoms with van der Waals surface area (Å²) in [7, 11) is 0. The van der Waals surface area contributed by atoms with Crippen LogP contribution in [0.1, 0.15) is 17.9 Å². The highest BCUT2D eigenvalue weighted by molar-refractivity contribution is 9.10. The van der Waals surface area contributed by atoms with Gasteiger partial charge < -0.3 is 9.63 Å². The summed E-state index contributed by atoms with van der Waals surface area (Å²) < 4.78 is 6.34. The topological polar surface area (TPSA) is 62.4 Å². The molecule has 0 aliphatic carbocycles. The molecule has 1 fully saturated rings. The van der Waals surface area contributed by atoms with Gasteiger partial charge in [-0.15, -0.1) is 0 Å². The van der Waals surface area contributed by atoms with Gasteiger partial charge in [-0.1, -0.05) is 33.2 Å². The molecule has 1 aliphatic rings. The summed E-state index contributed by atoms with van der Waals surface area (Å²) in [4.78, 5) is 6.57. The number of β-amino-alcohol motifs (C(OH)–C–C–N with tert-alkyl or cyclic N) is 1. The van der Waals surface area contributed by atoms with E-state index in [1.807, 2.05) is 25.1 Å². The van der Waals surface area contributed by atoms with Crippen LogP contribution in [0, 0.1) is 6.92 Å². The van der Waals surface area contributed by atoms with Gasteiger partial charge in [0, 0.05) is 23.1 Å². The van der Waals surface area contributed by atoms with Gasteiger partial charge in [0.2, 0.25) is 11.7 Å². The van der Waals surface area contributed by atoms with E-state index in [2.05, 4.69) is 31.0 Å². The summed E-state index contributed by atoms with van der Waals surface area (Å²) in [6.07, 6.45) is 0.579. The van der Waals surface area contributed by atoms with Crippen LogP contribution >= 0.6 is 15.9 Å². The molecule has 1 N–H and O–H groups in total. The second-order valence-electron chi connectivity index (χ2n) is 5.10. The van der Waals surface area contributed by atoms with Crippen LogP contribution in [-0.2, 0) is 6.54 Å². The third-order valence-corrected chi connectivity index (χ3v) is 4.44. The monoisotopic (exact) mass is 337 g/mol. The fourth-order valence-corrected chi connectivity index (χ4v) is 2.79. The maximum absolute atomic E-state index is 9.51. The Bertz CT molecular complexity index is 614. The molecule has 0 spiro atoms. The molecule has 106 valence electrons. The normalized spacial score (nSPS) is 19.6. The lowest BCUT2D eigenvalue weighted by molar-refractivity contribution is 0.169. The summed E-state index contributed by atoms with van der Waals surface area (Å²) in [5.74, 6) is 1.20. The van der Waals surface area contributed by atoms with Crippen LogP contribution in [0.25, 0.3) is 11.4 Å². The van der Waals surface area contributed by atoms with E-state index in [1.165, 1.54) is 0 Å². The van der Waals surface area contributed by atoms with E-state index < -0.39 is 0 Å². The van der Waals surface area contributed by atoms with Gasteiger partial charge in [-0.2, -0.15) is 4.98 Å². The number of aliphatic hydroxyl groups excluding tert-OH is 1. The molecule has 0 saturated carbocycles. The Balaban J connectivity index is 1.78. The smallest absolute Gasteiger partial charge is 0.241 e. The molecule has 1 aromatic carbocycles. The van der Waals surface area contributed by atoms with E-state index >= 15 is 0 Å². The van der Waals surface area contributed by atoms with Crippen LogP contribution in [0.3, 0.4) is 0 Å². The van der Waals surface area contributed by atoms with Crippen molar-refractivity contribution in [3.05, 3.63) is 34.1 Å². The van der Waals surface area contributed by atoms with Crippen molar-refractivity contribution in [2.75, 3.05) is 13.1 Å². The quantitative estimate of drug-likeness (QED) is 0.931. The van der Waals surface area contributed by atoms with E-state index in [1.54, 1.807) is 0 Å². The third-order valence-electron chi connectivity index (χ3n) is 3.58. The Morgan fingerprint density at radius 1 is 1.50 bits per heavy atom. The molecule has 6 heteroatoms. The number of hydrogen-bond acceptors (Lipinski definition) is 5. The van der Waals surface area contributed by atoms with Crippen LogP contribution in [0.4, 0.5) is 0 Å². The molecular weight excluding hydrogens is 322 g/mol. The lowest BCUT2D eigenvalue weighted by atomic mass is 10.1.